The number of nitrogens with two attached hydrogens (primary N) is 1. The second kappa shape index (κ2) is 4.12. The molecule has 0 bridgehead atoms. The first kappa shape index (κ1) is 9.07. The number of pyridine rings is 1. The summed E-state index contributed by atoms with van der Waals surface area (Å²) in [5.41, 5.74) is 5.45. The Balaban J connectivity index is 2.72. The van der Waals surface area contributed by atoms with Gasteiger partial charge in [0.05, 0.1) is 12.0 Å². The normalized spacial score (nSPS) is 8.62. The Labute approximate surface area is 75.6 Å². The molecule has 0 spiro atoms. The van der Waals surface area contributed by atoms with Crippen molar-refractivity contribution >= 4 is 5.91 Å². The summed E-state index contributed by atoms with van der Waals surface area (Å²) in [6.45, 7) is 0. The van der Waals surface area contributed by atoms with Gasteiger partial charge in [0, 0.05) is 6.07 Å². The van der Waals surface area contributed by atoms with Gasteiger partial charge >= 0.3 is 0 Å². The van der Waals surface area contributed by atoms with Crippen LogP contribution in [0.1, 0.15) is 12.0 Å². The molecule has 0 radical (unpaired) electrons. The van der Waals surface area contributed by atoms with Crippen LogP contribution < -0.4 is 10.5 Å². The van der Waals surface area contributed by atoms with E-state index in [1.54, 1.807) is 12.1 Å². The van der Waals surface area contributed by atoms with Crippen molar-refractivity contribution in [2.75, 3.05) is 0 Å². The summed E-state index contributed by atoms with van der Waals surface area (Å²) in [5, 5.41) is 10.7. The fraction of sp³-hybridized carbons (Fsp3) is 0.111. The van der Waals surface area contributed by atoms with Gasteiger partial charge in [-0.05, 0) is 6.07 Å². The summed E-state index contributed by atoms with van der Waals surface area (Å²) in [5.74, 6) is 4.72. The Morgan fingerprint density at radius 3 is 3.08 bits per heavy atom. The maximum Gasteiger partial charge on any atom is 0.229 e. The molecule has 0 aliphatic carbocycles. The van der Waals surface area contributed by atoms with E-state index in [2.05, 4.69) is 11.8 Å². The minimum Gasteiger partial charge on any atom is -0.619 e. The first-order chi connectivity index (χ1) is 6.18. The van der Waals surface area contributed by atoms with Gasteiger partial charge in [0.25, 0.3) is 0 Å². The number of rotatable bonds is 1. The van der Waals surface area contributed by atoms with Gasteiger partial charge in [-0.25, -0.2) is 0 Å². The second-order valence-corrected chi connectivity index (χ2v) is 2.40. The smallest absolute Gasteiger partial charge is 0.229 e. The number of amides is 1. The van der Waals surface area contributed by atoms with Crippen molar-refractivity contribution in [1.29, 1.82) is 0 Å². The predicted octanol–water partition coefficient (Wildman–Crippen LogP) is -0.453. The lowest BCUT2D eigenvalue weighted by Gasteiger charge is -1.92. The number of aromatic nitrogens is 1. The Morgan fingerprint density at radius 1 is 1.69 bits per heavy atom. The Bertz CT molecular complexity index is 377. The summed E-state index contributed by atoms with van der Waals surface area (Å²) in [6, 6.07) is 3.27. The summed E-state index contributed by atoms with van der Waals surface area (Å²) < 4.78 is 0.647. The average Bonchev–Trinajstić information content (AvgIpc) is 2.03. The van der Waals surface area contributed by atoms with Crippen molar-refractivity contribution in [2.24, 2.45) is 5.73 Å². The van der Waals surface area contributed by atoms with Crippen molar-refractivity contribution in [2.45, 2.75) is 6.42 Å². The maximum atomic E-state index is 10.7. The summed E-state index contributed by atoms with van der Waals surface area (Å²) >= 11 is 0. The second-order valence-electron chi connectivity index (χ2n) is 2.40. The molecule has 4 heteroatoms. The summed E-state index contributed by atoms with van der Waals surface area (Å²) in [6.07, 6.45) is 2.70. The van der Waals surface area contributed by atoms with Crippen LogP contribution in [0.5, 0.6) is 0 Å². The molecule has 66 valence electrons. The molecule has 0 aliphatic heterocycles. The lowest BCUT2D eigenvalue weighted by Crippen LogP contribution is -2.24. The van der Waals surface area contributed by atoms with Crippen molar-refractivity contribution in [1.82, 2.24) is 0 Å². The molecule has 0 saturated heterocycles. The van der Waals surface area contributed by atoms with Crippen LogP contribution in [0, 0.1) is 17.0 Å². The van der Waals surface area contributed by atoms with E-state index in [4.69, 9.17) is 5.73 Å². The van der Waals surface area contributed by atoms with Crippen molar-refractivity contribution < 1.29 is 9.52 Å². The van der Waals surface area contributed by atoms with Crippen LogP contribution in [-0.4, -0.2) is 5.91 Å². The standard InChI is InChI=1S/C9H8N2O2/c10-9(12)5-1-3-8-4-2-6-11(13)7-8/h2,4,6-7H,5H2,(H2,10,12). The molecule has 0 aromatic carbocycles. The lowest BCUT2D eigenvalue weighted by molar-refractivity contribution is -0.605. The van der Waals surface area contributed by atoms with Crippen LogP contribution in [0.4, 0.5) is 0 Å². The molecule has 1 heterocycles. The van der Waals surface area contributed by atoms with Crippen LogP contribution in [0.25, 0.3) is 0 Å². The predicted molar refractivity (Wildman–Crippen MR) is 46.1 cm³/mol. The van der Waals surface area contributed by atoms with E-state index in [-0.39, 0.29) is 6.42 Å². The molecule has 1 aromatic rings. The minimum absolute atomic E-state index is 0.00769. The van der Waals surface area contributed by atoms with Gasteiger partial charge in [-0.1, -0.05) is 11.8 Å². The van der Waals surface area contributed by atoms with Crippen LogP contribution in [-0.2, 0) is 4.79 Å². The average molecular weight is 176 g/mol. The largest absolute Gasteiger partial charge is 0.619 e. The number of carbonyl (C=O) groups is 1. The van der Waals surface area contributed by atoms with Crippen LogP contribution in [0.15, 0.2) is 24.5 Å². The van der Waals surface area contributed by atoms with Gasteiger partial charge in [0.1, 0.15) is 0 Å². The van der Waals surface area contributed by atoms with Gasteiger partial charge in [0.15, 0.2) is 12.4 Å². The SMILES string of the molecule is NC(=O)CC#Cc1ccc[n+]([O-])c1. The van der Waals surface area contributed by atoms with E-state index in [9.17, 15) is 10.0 Å². The first-order valence-corrected chi connectivity index (χ1v) is 3.64. The molecule has 0 fully saturated rings. The van der Waals surface area contributed by atoms with E-state index in [0.29, 0.717) is 10.3 Å². The van der Waals surface area contributed by atoms with E-state index >= 15 is 0 Å². The zero-order valence-electron chi connectivity index (χ0n) is 6.86. The molecule has 0 saturated carbocycles. The third-order valence-electron chi connectivity index (χ3n) is 1.27. The highest BCUT2D eigenvalue weighted by Crippen LogP contribution is 1.90. The molecule has 0 aliphatic rings. The molecular formula is C9H8N2O2. The number of hydrogen-bond donors (Lipinski definition) is 1. The van der Waals surface area contributed by atoms with Gasteiger partial charge in [-0.3, -0.25) is 4.79 Å². The Kier molecular flexibility index (Phi) is 2.87. The molecule has 4 nitrogen and oxygen atoms in total. The van der Waals surface area contributed by atoms with Gasteiger partial charge in [-0.2, -0.15) is 4.73 Å². The Morgan fingerprint density at radius 2 is 2.46 bits per heavy atom. The van der Waals surface area contributed by atoms with E-state index in [0.717, 1.165) is 0 Å². The van der Waals surface area contributed by atoms with Gasteiger partial charge in [0.2, 0.25) is 5.91 Å². The molecule has 1 rings (SSSR count). The number of primary amides is 1. The maximum absolute atomic E-state index is 10.7. The fourth-order valence-electron chi connectivity index (χ4n) is 0.762. The number of carbonyl (C=O) groups excluding carboxylic acids is 1. The third kappa shape index (κ3) is 3.25. The first-order valence-electron chi connectivity index (χ1n) is 3.64. The van der Waals surface area contributed by atoms with Crippen LogP contribution >= 0.6 is 0 Å². The zero-order chi connectivity index (χ0) is 9.68. The quantitative estimate of drug-likeness (QED) is 0.357. The van der Waals surface area contributed by atoms with Crippen LogP contribution in [0.3, 0.4) is 0 Å². The molecule has 13 heavy (non-hydrogen) atoms. The highest BCUT2D eigenvalue weighted by Gasteiger charge is 1.91. The van der Waals surface area contributed by atoms with Gasteiger partial charge < -0.3 is 10.9 Å². The van der Waals surface area contributed by atoms with Crippen molar-refractivity contribution in [3.8, 4) is 11.8 Å². The lowest BCUT2D eigenvalue weighted by atomic mass is 10.3. The molecular weight excluding hydrogens is 168 g/mol. The molecule has 0 unspecified atom stereocenters. The van der Waals surface area contributed by atoms with E-state index < -0.39 is 5.91 Å². The molecule has 2 N–H and O–H groups in total. The van der Waals surface area contributed by atoms with Crippen molar-refractivity contribution in [3.05, 3.63) is 35.3 Å². The summed E-state index contributed by atoms with van der Waals surface area (Å²) in [7, 11) is 0. The van der Waals surface area contributed by atoms with Gasteiger partial charge in [-0.15, -0.1) is 0 Å². The highest BCUT2D eigenvalue weighted by atomic mass is 16.5. The molecule has 0 atom stereocenters. The monoisotopic (exact) mass is 176 g/mol. The highest BCUT2D eigenvalue weighted by molar-refractivity contribution is 5.76. The fourth-order valence-corrected chi connectivity index (χ4v) is 0.762. The topological polar surface area (TPSA) is 70.0 Å². The minimum atomic E-state index is -0.474. The number of nitrogens with zero attached hydrogens (tertiary/aromatic N) is 1. The zero-order valence-corrected chi connectivity index (χ0v) is 6.86. The number of hydrogen-bond acceptors (Lipinski definition) is 2. The third-order valence-corrected chi connectivity index (χ3v) is 1.27. The molecule has 1 amide bonds. The van der Waals surface area contributed by atoms with E-state index in [1.807, 2.05) is 0 Å². The van der Waals surface area contributed by atoms with Crippen LogP contribution in [0.2, 0.25) is 0 Å². The van der Waals surface area contributed by atoms with Crippen molar-refractivity contribution in [3.63, 3.8) is 0 Å². The summed E-state index contributed by atoms with van der Waals surface area (Å²) in [4.78, 5) is 10.3. The molecule has 1 aromatic heterocycles. The Hall–Kier alpha value is -2.02. The van der Waals surface area contributed by atoms with E-state index in [1.165, 1.54) is 12.4 Å².